The Labute approximate surface area is 110 Å². The van der Waals surface area contributed by atoms with Crippen molar-refractivity contribution in [3.05, 3.63) is 0 Å². The monoisotopic (exact) mass is 271 g/mol. The van der Waals surface area contributed by atoms with Gasteiger partial charge in [-0.25, -0.2) is 4.79 Å². The molecule has 0 saturated carbocycles. The first kappa shape index (κ1) is 14.9. The van der Waals surface area contributed by atoms with Gasteiger partial charge in [0.05, 0.1) is 0 Å². The number of carbonyl (C=O) groups excluding carboxylic acids is 2. The lowest BCUT2D eigenvalue weighted by Gasteiger charge is -2.15. The van der Waals surface area contributed by atoms with Gasteiger partial charge < -0.3 is 20.6 Å². The van der Waals surface area contributed by atoms with E-state index in [1.54, 1.807) is 0 Å². The maximum atomic E-state index is 11.7. The van der Waals surface area contributed by atoms with Gasteiger partial charge in [0.25, 0.3) is 5.91 Å². The Morgan fingerprint density at radius 3 is 2.74 bits per heavy atom. The summed E-state index contributed by atoms with van der Waals surface area (Å²) in [5.74, 6) is -2.07. The average Bonchev–Trinajstić information content (AvgIpc) is 2.85. The van der Waals surface area contributed by atoms with Crippen molar-refractivity contribution in [2.75, 3.05) is 6.54 Å². The minimum Gasteiger partial charge on any atom is -0.477 e. The number of oxime groups is 1. The smallest absolute Gasteiger partial charge is 0.353 e. The number of hydrogen-bond acceptors (Lipinski definition) is 5. The zero-order chi connectivity index (χ0) is 14.4. The van der Waals surface area contributed by atoms with E-state index >= 15 is 0 Å². The van der Waals surface area contributed by atoms with Gasteiger partial charge in [0.2, 0.25) is 12.0 Å². The van der Waals surface area contributed by atoms with Crippen molar-refractivity contribution in [3.63, 3.8) is 0 Å². The van der Waals surface area contributed by atoms with Crippen molar-refractivity contribution in [1.29, 1.82) is 0 Å². The molecule has 1 aliphatic rings. The Balaban J connectivity index is 2.40. The Morgan fingerprint density at radius 2 is 2.21 bits per heavy atom. The molecule has 1 aliphatic heterocycles. The molecule has 0 aliphatic carbocycles. The van der Waals surface area contributed by atoms with Crippen LogP contribution in [0, 0.1) is 0 Å². The topological polar surface area (TPSA) is 117 Å². The molecule has 0 radical (unpaired) electrons. The molecule has 0 aromatic heterocycles. The van der Waals surface area contributed by atoms with Gasteiger partial charge in [-0.15, -0.1) is 0 Å². The van der Waals surface area contributed by atoms with Crippen LogP contribution in [0.5, 0.6) is 0 Å². The SMILES string of the molecule is CCCNC(=O)C(C)NC(=O)C1CC(C(=O)O)=NO1. The first-order chi connectivity index (χ1) is 8.95. The fourth-order valence-corrected chi connectivity index (χ4v) is 1.42. The molecule has 3 N–H and O–H groups in total. The summed E-state index contributed by atoms with van der Waals surface area (Å²) in [6.07, 6.45) is -0.300. The number of aliphatic carboxylic acids is 1. The van der Waals surface area contributed by atoms with Crippen molar-refractivity contribution in [3.8, 4) is 0 Å². The summed E-state index contributed by atoms with van der Waals surface area (Å²) in [5, 5.41) is 17.1. The molecule has 106 valence electrons. The van der Waals surface area contributed by atoms with E-state index in [1.807, 2.05) is 6.92 Å². The van der Waals surface area contributed by atoms with Crippen LogP contribution < -0.4 is 10.6 Å². The molecule has 0 saturated heterocycles. The maximum Gasteiger partial charge on any atom is 0.353 e. The van der Waals surface area contributed by atoms with Crippen LogP contribution in [-0.2, 0) is 19.2 Å². The van der Waals surface area contributed by atoms with E-state index in [1.165, 1.54) is 6.92 Å². The van der Waals surface area contributed by atoms with Gasteiger partial charge in [-0.05, 0) is 13.3 Å². The summed E-state index contributed by atoms with van der Waals surface area (Å²) < 4.78 is 0. The van der Waals surface area contributed by atoms with Crippen LogP contribution in [0.2, 0.25) is 0 Å². The lowest BCUT2D eigenvalue weighted by molar-refractivity contribution is -0.135. The number of nitrogens with one attached hydrogen (secondary N) is 2. The second kappa shape index (κ2) is 6.72. The number of nitrogens with zero attached hydrogens (tertiary/aromatic N) is 1. The van der Waals surface area contributed by atoms with Gasteiger partial charge in [-0.1, -0.05) is 12.1 Å². The Kier molecular flexibility index (Phi) is 5.28. The lowest BCUT2D eigenvalue weighted by Crippen LogP contribution is -2.48. The molecule has 19 heavy (non-hydrogen) atoms. The van der Waals surface area contributed by atoms with Gasteiger partial charge in [0, 0.05) is 13.0 Å². The van der Waals surface area contributed by atoms with Crippen molar-refractivity contribution >= 4 is 23.5 Å². The van der Waals surface area contributed by atoms with Crippen LogP contribution >= 0.6 is 0 Å². The van der Waals surface area contributed by atoms with Gasteiger partial charge in [-0.3, -0.25) is 9.59 Å². The highest BCUT2D eigenvalue weighted by Crippen LogP contribution is 2.10. The highest BCUT2D eigenvalue weighted by atomic mass is 16.6. The largest absolute Gasteiger partial charge is 0.477 e. The summed E-state index contributed by atoms with van der Waals surface area (Å²) in [6, 6.07) is -0.712. The third kappa shape index (κ3) is 4.23. The standard InChI is InChI=1S/C11H17N3O5/c1-3-4-12-9(15)6(2)13-10(16)8-5-7(11(17)18)14-19-8/h6,8H,3-5H2,1-2H3,(H,12,15)(H,13,16)(H,17,18). The first-order valence-corrected chi connectivity index (χ1v) is 5.99. The molecule has 2 unspecified atom stereocenters. The summed E-state index contributed by atoms with van der Waals surface area (Å²) >= 11 is 0. The first-order valence-electron chi connectivity index (χ1n) is 5.99. The van der Waals surface area contributed by atoms with Gasteiger partial charge >= 0.3 is 5.97 Å². The maximum absolute atomic E-state index is 11.7. The van der Waals surface area contributed by atoms with Gasteiger partial charge in [0.1, 0.15) is 6.04 Å². The number of carboxylic acids is 1. The van der Waals surface area contributed by atoms with E-state index in [4.69, 9.17) is 9.94 Å². The van der Waals surface area contributed by atoms with Crippen LogP contribution in [0.3, 0.4) is 0 Å². The van der Waals surface area contributed by atoms with Gasteiger partial charge in [-0.2, -0.15) is 0 Å². The van der Waals surface area contributed by atoms with Crippen molar-refractivity contribution in [2.24, 2.45) is 5.16 Å². The quantitative estimate of drug-likeness (QED) is 0.587. The van der Waals surface area contributed by atoms with Crippen LogP contribution in [-0.4, -0.2) is 47.3 Å². The minimum absolute atomic E-state index is 0.107. The van der Waals surface area contributed by atoms with Crippen molar-refractivity contribution < 1.29 is 24.3 Å². The summed E-state index contributed by atoms with van der Waals surface area (Å²) in [5.41, 5.74) is -0.205. The fourth-order valence-electron chi connectivity index (χ4n) is 1.42. The summed E-state index contributed by atoms with van der Waals surface area (Å²) in [4.78, 5) is 38.6. The third-order valence-electron chi connectivity index (χ3n) is 2.51. The van der Waals surface area contributed by atoms with E-state index in [2.05, 4.69) is 15.8 Å². The Hall–Kier alpha value is -2.12. The van der Waals surface area contributed by atoms with Crippen molar-refractivity contribution in [1.82, 2.24) is 10.6 Å². The van der Waals surface area contributed by atoms with E-state index in [0.717, 1.165) is 6.42 Å². The molecule has 8 nitrogen and oxygen atoms in total. The van der Waals surface area contributed by atoms with E-state index in [-0.39, 0.29) is 18.0 Å². The fraction of sp³-hybridized carbons (Fsp3) is 0.636. The molecular formula is C11H17N3O5. The van der Waals surface area contributed by atoms with Crippen LogP contribution in [0.1, 0.15) is 26.7 Å². The molecule has 0 fully saturated rings. The molecule has 0 spiro atoms. The molecule has 1 heterocycles. The summed E-state index contributed by atoms with van der Waals surface area (Å²) in [7, 11) is 0. The normalized spacial score (nSPS) is 19.1. The van der Waals surface area contributed by atoms with Crippen LogP contribution in [0.15, 0.2) is 5.16 Å². The van der Waals surface area contributed by atoms with E-state index < -0.39 is 24.0 Å². The predicted octanol–water partition coefficient (Wildman–Crippen LogP) is -0.753. The predicted molar refractivity (Wildman–Crippen MR) is 65.5 cm³/mol. The molecule has 1 rings (SSSR count). The van der Waals surface area contributed by atoms with Crippen LogP contribution in [0.4, 0.5) is 0 Å². The number of amides is 2. The van der Waals surface area contributed by atoms with E-state index in [9.17, 15) is 14.4 Å². The average molecular weight is 271 g/mol. The number of rotatable bonds is 6. The third-order valence-corrected chi connectivity index (χ3v) is 2.51. The molecule has 0 bridgehead atoms. The number of carboxylic acid groups (broad SMARTS) is 1. The highest BCUT2D eigenvalue weighted by Gasteiger charge is 2.32. The highest BCUT2D eigenvalue weighted by molar-refractivity contribution is 6.36. The number of hydrogen-bond donors (Lipinski definition) is 3. The van der Waals surface area contributed by atoms with E-state index in [0.29, 0.717) is 6.54 Å². The lowest BCUT2D eigenvalue weighted by atomic mass is 10.1. The molecule has 0 aromatic rings. The van der Waals surface area contributed by atoms with Crippen molar-refractivity contribution in [2.45, 2.75) is 38.8 Å². The minimum atomic E-state index is -1.22. The van der Waals surface area contributed by atoms with Crippen LogP contribution in [0.25, 0.3) is 0 Å². The Morgan fingerprint density at radius 1 is 1.53 bits per heavy atom. The second-order valence-electron chi connectivity index (χ2n) is 4.16. The van der Waals surface area contributed by atoms with Gasteiger partial charge in [0.15, 0.2) is 5.71 Å². The Bertz CT molecular complexity index is 407. The second-order valence-corrected chi connectivity index (χ2v) is 4.16. The summed E-state index contributed by atoms with van der Waals surface area (Å²) in [6.45, 7) is 3.99. The molecule has 0 aromatic carbocycles. The molecule has 2 amide bonds. The molecule has 2 atom stereocenters. The number of carbonyl (C=O) groups is 3. The molecular weight excluding hydrogens is 254 g/mol. The zero-order valence-corrected chi connectivity index (χ0v) is 10.8. The molecule has 8 heteroatoms. The zero-order valence-electron chi connectivity index (χ0n) is 10.8.